The Hall–Kier alpha value is 0.0169. The average Bonchev–Trinajstić information content (AvgIpc) is 2.21. The summed E-state index contributed by atoms with van der Waals surface area (Å²) in [5.74, 6) is 0. The van der Waals surface area contributed by atoms with Gasteiger partial charge < -0.3 is 24.5 Å². The highest BCUT2D eigenvalue weighted by atomic mass is 28.4. The van der Waals surface area contributed by atoms with Crippen molar-refractivity contribution in [3.63, 3.8) is 0 Å². The van der Waals surface area contributed by atoms with E-state index in [4.69, 9.17) is 14.3 Å². The van der Waals surface area contributed by atoms with Crippen molar-refractivity contribution in [2.45, 2.75) is 69.9 Å². The van der Waals surface area contributed by atoms with Gasteiger partial charge in [-0.3, -0.25) is 0 Å². The van der Waals surface area contributed by atoms with Gasteiger partial charge in [0.05, 0.1) is 18.8 Å². The van der Waals surface area contributed by atoms with Gasteiger partial charge in [-0.1, -0.05) is 20.8 Å². The Kier molecular flexibility index (Phi) is 4.97. The normalized spacial score (nSPS) is 34.7. The molecule has 0 amide bonds. The van der Waals surface area contributed by atoms with Gasteiger partial charge in [0, 0.05) is 6.42 Å². The first kappa shape index (κ1) is 16.1. The van der Waals surface area contributed by atoms with Crippen LogP contribution < -0.4 is 0 Å². The Balaban J connectivity index is 2.69. The summed E-state index contributed by atoms with van der Waals surface area (Å²) in [5.41, 5.74) is 0. The molecule has 0 aromatic carbocycles. The predicted octanol–water partition coefficient (Wildman–Crippen LogP) is 0.837. The number of aliphatic hydroxyl groups excluding tert-OH is 3. The molecule has 0 unspecified atom stereocenters. The summed E-state index contributed by atoms with van der Waals surface area (Å²) >= 11 is 0. The van der Waals surface area contributed by atoms with E-state index >= 15 is 0 Å². The minimum atomic E-state index is -2.01. The fraction of sp³-hybridized carbons (Fsp3) is 1.00. The maximum Gasteiger partial charge on any atom is 0.192 e. The first-order valence-electron chi connectivity index (χ1n) is 6.39. The quantitative estimate of drug-likeness (QED) is 0.667. The van der Waals surface area contributed by atoms with Gasteiger partial charge in [0.25, 0.3) is 0 Å². The highest BCUT2D eigenvalue weighted by Crippen LogP contribution is 2.39. The van der Waals surface area contributed by atoms with Gasteiger partial charge in [-0.05, 0) is 18.1 Å². The second-order valence-corrected chi connectivity index (χ2v) is 11.2. The predicted molar refractivity (Wildman–Crippen MR) is 70.7 cm³/mol. The molecule has 1 saturated heterocycles. The van der Waals surface area contributed by atoms with Gasteiger partial charge in [0.2, 0.25) is 0 Å². The Morgan fingerprint density at radius 3 is 2.28 bits per heavy atom. The monoisotopic (exact) mass is 278 g/mol. The smallest absolute Gasteiger partial charge is 0.192 e. The Labute approximate surface area is 110 Å². The van der Waals surface area contributed by atoms with E-state index in [1.807, 2.05) is 0 Å². The zero-order chi connectivity index (χ0) is 14.1. The van der Waals surface area contributed by atoms with Crippen LogP contribution in [0.3, 0.4) is 0 Å². The highest BCUT2D eigenvalue weighted by Gasteiger charge is 2.44. The molecular formula is C12H26O5Si. The van der Waals surface area contributed by atoms with Crippen molar-refractivity contribution in [3.05, 3.63) is 0 Å². The zero-order valence-electron chi connectivity index (χ0n) is 11.9. The second kappa shape index (κ2) is 5.56. The Bertz CT molecular complexity index is 276. The van der Waals surface area contributed by atoms with Crippen LogP contribution in [0.2, 0.25) is 18.1 Å². The van der Waals surface area contributed by atoms with Crippen molar-refractivity contribution in [1.29, 1.82) is 0 Å². The number of ether oxygens (including phenoxy) is 1. The second-order valence-electron chi connectivity index (χ2n) is 6.47. The Morgan fingerprint density at radius 1 is 1.28 bits per heavy atom. The summed E-state index contributed by atoms with van der Waals surface area (Å²) in [6.45, 7) is 10.2. The van der Waals surface area contributed by atoms with Crippen molar-refractivity contribution in [2.24, 2.45) is 0 Å². The van der Waals surface area contributed by atoms with E-state index in [0.29, 0.717) is 6.42 Å². The molecule has 3 N–H and O–H groups in total. The van der Waals surface area contributed by atoms with Crippen molar-refractivity contribution >= 4 is 8.32 Å². The molecule has 0 aromatic heterocycles. The molecule has 0 saturated carbocycles. The van der Waals surface area contributed by atoms with Crippen LogP contribution in [0.1, 0.15) is 27.2 Å². The molecule has 5 nitrogen and oxygen atoms in total. The maximum absolute atomic E-state index is 9.87. The fourth-order valence-corrected chi connectivity index (χ4v) is 3.01. The molecule has 18 heavy (non-hydrogen) atoms. The van der Waals surface area contributed by atoms with E-state index in [2.05, 4.69) is 33.9 Å². The molecule has 0 bridgehead atoms. The van der Waals surface area contributed by atoms with E-state index < -0.39 is 32.9 Å². The lowest BCUT2D eigenvalue weighted by atomic mass is 10.0. The van der Waals surface area contributed by atoms with Crippen molar-refractivity contribution in [1.82, 2.24) is 0 Å². The molecule has 108 valence electrons. The summed E-state index contributed by atoms with van der Waals surface area (Å²) in [5, 5.41) is 28.7. The molecule has 1 fully saturated rings. The van der Waals surface area contributed by atoms with E-state index in [1.165, 1.54) is 0 Å². The minimum absolute atomic E-state index is 0.0332. The van der Waals surface area contributed by atoms with Gasteiger partial charge in [-0.2, -0.15) is 0 Å². The molecule has 1 heterocycles. The number of rotatable bonds is 3. The summed E-state index contributed by atoms with van der Waals surface area (Å²) in [6, 6.07) is 0. The van der Waals surface area contributed by atoms with E-state index in [9.17, 15) is 10.2 Å². The fourth-order valence-electron chi connectivity index (χ4n) is 1.69. The summed E-state index contributed by atoms with van der Waals surface area (Å²) in [4.78, 5) is 0. The van der Waals surface area contributed by atoms with Gasteiger partial charge >= 0.3 is 0 Å². The lowest BCUT2D eigenvalue weighted by molar-refractivity contribution is -0.247. The third-order valence-corrected chi connectivity index (χ3v) is 8.47. The van der Waals surface area contributed by atoms with E-state index in [0.717, 1.165) is 0 Å². The van der Waals surface area contributed by atoms with E-state index in [-0.39, 0.29) is 11.6 Å². The molecule has 4 atom stereocenters. The number of aliphatic hydroxyl groups is 3. The van der Waals surface area contributed by atoms with E-state index in [1.54, 1.807) is 0 Å². The maximum atomic E-state index is 9.87. The minimum Gasteiger partial charge on any atom is -0.409 e. The zero-order valence-corrected chi connectivity index (χ0v) is 12.9. The van der Waals surface area contributed by atoms with Crippen LogP contribution in [0.4, 0.5) is 0 Å². The molecule has 0 radical (unpaired) electrons. The molecule has 6 heteroatoms. The topological polar surface area (TPSA) is 79.2 Å². The highest BCUT2D eigenvalue weighted by molar-refractivity contribution is 6.74. The van der Waals surface area contributed by atoms with Gasteiger partial charge in [0.1, 0.15) is 6.10 Å². The van der Waals surface area contributed by atoms with Gasteiger partial charge in [-0.15, -0.1) is 0 Å². The SMILES string of the molecule is CC(C)(C)[Si](C)(C)O[C@H]1C[C@H](O)[C@@H](CO)O[C@@H]1O. The third-order valence-electron chi connectivity index (χ3n) is 3.97. The first-order chi connectivity index (χ1) is 8.08. The van der Waals surface area contributed by atoms with Crippen molar-refractivity contribution in [3.8, 4) is 0 Å². The van der Waals surface area contributed by atoms with Gasteiger partial charge in [-0.25, -0.2) is 0 Å². The standard InChI is InChI=1S/C12H26O5Si/c1-12(2,3)18(4,5)17-9-6-8(14)10(7-13)16-11(9)15/h8-11,13-15H,6-7H2,1-5H3/t8-,9-,10+,11-/m0/s1. The molecule has 1 aliphatic heterocycles. The van der Waals surface area contributed by atoms with Crippen LogP contribution in [0.25, 0.3) is 0 Å². The molecule has 0 aliphatic carbocycles. The van der Waals surface area contributed by atoms with Crippen LogP contribution in [-0.4, -0.2) is 54.8 Å². The van der Waals surface area contributed by atoms with Crippen molar-refractivity contribution < 1.29 is 24.5 Å². The van der Waals surface area contributed by atoms with Crippen LogP contribution in [0.15, 0.2) is 0 Å². The lowest BCUT2D eigenvalue weighted by Gasteiger charge is -2.43. The average molecular weight is 278 g/mol. The third kappa shape index (κ3) is 3.52. The van der Waals surface area contributed by atoms with Crippen LogP contribution in [0.5, 0.6) is 0 Å². The van der Waals surface area contributed by atoms with Crippen LogP contribution in [0, 0.1) is 0 Å². The largest absolute Gasteiger partial charge is 0.409 e. The van der Waals surface area contributed by atoms with Gasteiger partial charge in [0.15, 0.2) is 14.6 Å². The molecule has 0 spiro atoms. The van der Waals surface area contributed by atoms with Crippen LogP contribution >= 0.6 is 0 Å². The lowest BCUT2D eigenvalue weighted by Crippen LogP contribution is -2.54. The molecule has 1 rings (SSSR count). The molecule has 1 aliphatic rings. The summed E-state index contributed by atoms with van der Waals surface area (Å²) < 4.78 is 11.2. The van der Waals surface area contributed by atoms with Crippen LogP contribution in [-0.2, 0) is 9.16 Å². The first-order valence-corrected chi connectivity index (χ1v) is 9.29. The summed E-state index contributed by atoms with van der Waals surface area (Å²) in [6.07, 6.45) is -2.84. The number of hydrogen-bond donors (Lipinski definition) is 3. The molecular weight excluding hydrogens is 252 g/mol. The molecule has 0 aromatic rings. The number of hydrogen-bond acceptors (Lipinski definition) is 5. The summed E-state index contributed by atoms with van der Waals surface area (Å²) in [7, 11) is -2.01. The van der Waals surface area contributed by atoms with Crippen molar-refractivity contribution in [2.75, 3.05) is 6.61 Å². The Morgan fingerprint density at radius 2 is 1.83 bits per heavy atom.